The summed E-state index contributed by atoms with van der Waals surface area (Å²) in [5.41, 5.74) is 0. The number of aliphatic hydroxyl groups is 5. The zero-order valence-corrected chi connectivity index (χ0v) is 13.0. The van der Waals surface area contributed by atoms with Gasteiger partial charge in [0.25, 0.3) is 0 Å². The molecule has 2 rings (SSSR count). The highest BCUT2D eigenvalue weighted by Crippen LogP contribution is 2.28. The largest absolute Gasteiger partial charge is 0.394 e. The molecule has 0 amide bonds. The van der Waals surface area contributed by atoms with E-state index in [1.54, 1.807) is 6.92 Å². The van der Waals surface area contributed by atoms with Crippen LogP contribution in [0.1, 0.15) is 19.8 Å². The Bertz CT molecular complexity index is 355. The lowest BCUT2D eigenvalue weighted by molar-refractivity contribution is -0.320. The van der Waals surface area contributed by atoms with E-state index in [0.717, 1.165) is 0 Å². The summed E-state index contributed by atoms with van der Waals surface area (Å²) >= 11 is 0. The lowest BCUT2D eigenvalue weighted by atomic mass is 10.00. The van der Waals surface area contributed by atoms with Crippen molar-refractivity contribution in [3.05, 3.63) is 0 Å². The smallest absolute Gasteiger partial charge is 0.161 e. The summed E-state index contributed by atoms with van der Waals surface area (Å²) in [6.45, 7) is 1.35. The van der Waals surface area contributed by atoms with Crippen molar-refractivity contribution in [2.45, 2.75) is 69.0 Å². The number of rotatable bonds is 6. The van der Waals surface area contributed by atoms with E-state index < -0.39 is 55.8 Å². The van der Waals surface area contributed by atoms with E-state index >= 15 is 0 Å². The second-order valence-electron chi connectivity index (χ2n) is 5.73. The Morgan fingerprint density at radius 1 is 0.913 bits per heavy atom. The molecule has 2 saturated heterocycles. The van der Waals surface area contributed by atoms with E-state index in [1.165, 1.54) is 0 Å². The zero-order valence-electron chi connectivity index (χ0n) is 13.0. The molecule has 2 aliphatic heterocycles. The van der Waals surface area contributed by atoms with Gasteiger partial charge >= 0.3 is 0 Å². The number of aliphatic hydroxyl groups excluding tert-OH is 5. The van der Waals surface area contributed by atoms with Gasteiger partial charge in [-0.15, -0.1) is 0 Å². The molecular weight excluding hydrogens is 312 g/mol. The molecule has 0 aliphatic carbocycles. The van der Waals surface area contributed by atoms with E-state index in [2.05, 4.69) is 0 Å². The van der Waals surface area contributed by atoms with E-state index in [-0.39, 0.29) is 19.4 Å². The standard InChI is InChI=1S/C14H26O9/c1-2-20-11-4-8(18)14(10(6-16)22-11)23-12-3-7(17)13(19)9(5-15)21-12/h7-19H,2-6H2,1H3/t7?,8?,9?,10?,11-,12?,13?,14-/m0/s1. The molecule has 0 spiro atoms. The van der Waals surface area contributed by atoms with E-state index in [4.69, 9.17) is 24.1 Å². The molecule has 9 nitrogen and oxygen atoms in total. The summed E-state index contributed by atoms with van der Waals surface area (Å²) in [4.78, 5) is 0. The van der Waals surface area contributed by atoms with Crippen LogP contribution in [0, 0.1) is 0 Å². The minimum absolute atomic E-state index is 0.0199. The highest BCUT2D eigenvalue weighted by molar-refractivity contribution is 4.87. The van der Waals surface area contributed by atoms with Gasteiger partial charge in [-0.05, 0) is 6.92 Å². The minimum atomic E-state index is -1.21. The zero-order chi connectivity index (χ0) is 17.0. The molecule has 8 atom stereocenters. The van der Waals surface area contributed by atoms with Gasteiger partial charge in [-0.25, -0.2) is 0 Å². The van der Waals surface area contributed by atoms with Crippen molar-refractivity contribution >= 4 is 0 Å². The first-order valence-electron chi connectivity index (χ1n) is 7.84. The van der Waals surface area contributed by atoms with Crippen molar-refractivity contribution in [3.8, 4) is 0 Å². The van der Waals surface area contributed by atoms with Crippen LogP contribution in [0.2, 0.25) is 0 Å². The molecule has 2 heterocycles. The molecule has 6 unspecified atom stereocenters. The number of hydrogen-bond donors (Lipinski definition) is 5. The normalized spacial score (nSPS) is 45.1. The fourth-order valence-corrected chi connectivity index (χ4v) is 2.85. The molecule has 0 aromatic rings. The Morgan fingerprint density at radius 3 is 2.13 bits per heavy atom. The molecule has 0 radical (unpaired) electrons. The molecule has 0 bridgehead atoms. The van der Waals surface area contributed by atoms with Gasteiger partial charge in [0, 0.05) is 19.4 Å². The van der Waals surface area contributed by atoms with Crippen molar-refractivity contribution in [2.75, 3.05) is 19.8 Å². The third-order valence-corrected chi connectivity index (χ3v) is 4.06. The first-order valence-corrected chi connectivity index (χ1v) is 7.84. The quantitative estimate of drug-likeness (QED) is 0.362. The van der Waals surface area contributed by atoms with Crippen LogP contribution >= 0.6 is 0 Å². The van der Waals surface area contributed by atoms with E-state index in [1.807, 2.05) is 0 Å². The van der Waals surface area contributed by atoms with Gasteiger partial charge in [0.1, 0.15) is 24.4 Å². The second-order valence-corrected chi connectivity index (χ2v) is 5.73. The maximum Gasteiger partial charge on any atom is 0.161 e. The fourth-order valence-electron chi connectivity index (χ4n) is 2.85. The van der Waals surface area contributed by atoms with Crippen molar-refractivity contribution < 1.29 is 44.5 Å². The molecule has 2 fully saturated rings. The van der Waals surface area contributed by atoms with Gasteiger partial charge in [-0.3, -0.25) is 0 Å². The lowest BCUT2D eigenvalue weighted by Gasteiger charge is -2.42. The first kappa shape index (κ1) is 19.0. The SMILES string of the molecule is CCO[C@@H]1CC(O)[C@H](OC2CC(O)C(O)C(CO)O2)C(CO)O1. The van der Waals surface area contributed by atoms with Crippen LogP contribution < -0.4 is 0 Å². The van der Waals surface area contributed by atoms with Crippen molar-refractivity contribution in [1.29, 1.82) is 0 Å². The van der Waals surface area contributed by atoms with Crippen LogP contribution in [-0.4, -0.2) is 94.6 Å². The van der Waals surface area contributed by atoms with Crippen LogP contribution in [0.3, 0.4) is 0 Å². The number of ether oxygens (including phenoxy) is 4. The maximum absolute atomic E-state index is 10.2. The van der Waals surface area contributed by atoms with Crippen molar-refractivity contribution in [2.24, 2.45) is 0 Å². The second kappa shape index (κ2) is 8.65. The minimum Gasteiger partial charge on any atom is -0.394 e. The van der Waals surface area contributed by atoms with Crippen LogP contribution in [-0.2, 0) is 18.9 Å². The topological polar surface area (TPSA) is 138 Å². The molecule has 9 heteroatoms. The van der Waals surface area contributed by atoms with Gasteiger partial charge in [-0.1, -0.05) is 0 Å². The van der Waals surface area contributed by atoms with Crippen LogP contribution in [0.5, 0.6) is 0 Å². The highest BCUT2D eigenvalue weighted by atomic mass is 16.7. The molecule has 5 N–H and O–H groups in total. The van der Waals surface area contributed by atoms with Gasteiger partial charge in [0.15, 0.2) is 12.6 Å². The average Bonchev–Trinajstić information content (AvgIpc) is 2.53. The van der Waals surface area contributed by atoms with E-state index in [9.17, 15) is 20.4 Å². The Balaban J connectivity index is 1.97. The Hall–Kier alpha value is -0.360. The molecular formula is C14H26O9. The van der Waals surface area contributed by atoms with Crippen molar-refractivity contribution in [3.63, 3.8) is 0 Å². The van der Waals surface area contributed by atoms with Crippen LogP contribution in [0.15, 0.2) is 0 Å². The molecule has 2 aliphatic rings. The predicted octanol–water partition coefficient (Wildman–Crippen LogP) is -2.29. The summed E-state index contributed by atoms with van der Waals surface area (Å²) in [7, 11) is 0. The van der Waals surface area contributed by atoms with Crippen LogP contribution in [0.4, 0.5) is 0 Å². The third kappa shape index (κ3) is 4.59. The maximum atomic E-state index is 10.2. The monoisotopic (exact) mass is 338 g/mol. The fraction of sp³-hybridized carbons (Fsp3) is 1.00. The highest BCUT2D eigenvalue weighted by Gasteiger charge is 2.43. The predicted molar refractivity (Wildman–Crippen MR) is 75.2 cm³/mol. The molecule has 23 heavy (non-hydrogen) atoms. The average molecular weight is 338 g/mol. The Morgan fingerprint density at radius 2 is 1.52 bits per heavy atom. The third-order valence-electron chi connectivity index (χ3n) is 4.06. The Kier molecular flexibility index (Phi) is 7.14. The van der Waals surface area contributed by atoms with E-state index in [0.29, 0.717) is 6.61 Å². The van der Waals surface area contributed by atoms with Gasteiger partial charge in [0.05, 0.1) is 25.4 Å². The summed E-state index contributed by atoms with van der Waals surface area (Å²) in [6.07, 6.45) is -7.33. The summed E-state index contributed by atoms with van der Waals surface area (Å²) in [5.74, 6) is 0. The molecule has 0 saturated carbocycles. The van der Waals surface area contributed by atoms with Gasteiger partial charge in [-0.2, -0.15) is 0 Å². The first-order chi connectivity index (χ1) is 11.0. The van der Waals surface area contributed by atoms with Crippen molar-refractivity contribution in [1.82, 2.24) is 0 Å². The van der Waals surface area contributed by atoms with Gasteiger partial charge < -0.3 is 44.5 Å². The summed E-state index contributed by atoms with van der Waals surface area (Å²) < 4.78 is 21.8. The molecule has 0 aromatic heterocycles. The van der Waals surface area contributed by atoms with Gasteiger partial charge in [0.2, 0.25) is 0 Å². The molecule has 136 valence electrons. The summed E-state index contributed by atoms with van der Waals surface area (Å²) in [5, 5.41) is 48.3. The lowest BCUT2D eigenvalue weighted by Crippen LogP contribution is -2.56. The van der Waals surface area contributed by atoms with Crippen LogP contribution in [0.25, 0.3) is 0 Å². The molecule has 0 aromatic carbocycles. The number of hydrogen-bond acceptors (Lipinski definition) is 9. The Labute approximate surface area is 134 Å². The summed E-state index contributed by atoms with van der Waals surface area (Å²) in [6, 6.07) is 0.